The molecule has 0 bridgehead atoms. The van der Waals surface area contributed by atoms with Gasteiger partial charge in [-0.3, -0.25) is 14.5 Å². The maximum Gasteiger partial charge on any atom is 0.159 e. The van der Waals surface area contributed by atoms with Crippen molar-refractivity contribution in [2.75, 3.05) is 31.6 Å². The van der Waals surface area contributed by atoms with Crippen LogP contribution in [0, 0.1) is 6.92 Å². The Kier molecular flexibility index (Phi) is 5.11. The van der Waals surface area contributed by atoms with Crippen LogP contribution >= 0.6 is 0 Å². The molecular weight excluding hydrogens is 352 g/mol. The first-order valence-corrected chi connectivity index (χ1v) is 9.55. The molecule has 4 rings (SSSR count). The van der Waals surface area contributed by atoms with Crippen LogP contribution in [0.4, 0.5) is 5.82 Å². The van der Waals surface area contributed by atoms with Gasteiger partial charge in [-0.15, -0.1) is 0 Å². The topological polar surface area (TPSA) is 70.3 Å². The molecule has 1 aliphatic rings. The zero-order valence-electron chi connectivity index (χ0n) is 16.4. The number of nitrogens with zero attached hydrogens (tertiary/aromatic N) is 6. The van der Waals surface area contributed by atoms with E-state index in [0.29, 0.717) is 13.1 Å². The Morgan fingerprint density at radius 2 is 2.04 bits per heavy atom. The maximum atomic E-state index is 11.1. The lowest BCUT2D eigenvalue weighted by Crippen LogP contribution is -2.44. The van der Waals surface area contributed by atoms with Crippen LogP contribution in [-0.2, 0) is 6.54 Å². The van der Waals surface area contributed by atoms with E-state index in [1.165, 1.54) is 5.56 Å². The standard InChI is InChI=1S/C21H26N6O/c1-17-23-9-11-27(17)20-13-22-12-19(24-20)25(2)15-21(28)8-10-26(16-21)14-18-6-4-3-5-7-18/h3-7,9,11-13,28H,8,10,14-16H2,1-2H3. The van der Waals surface area contributed by atoms with Crippen LogP contribution in [0.15, 0.2) is 55.1 Å². The highest BCUT2D eigenvalue weighted by molar-refractivity contribution is 5.39. The van der Waals surface area contributed by atoms with E-state index in [4.69, 9.17) is 4.98 Å². The van der Waals surface area contributed by atoms with Crippen LogP contribution in [-0.4, -0.2) is 61.8 Å². The molecule has 0 radical (unpaired) electrons. The molecule has 2 aromatic heterocycles. The Hall–Kier alpha value is -2.77. The third-order valence-electron chi connectivity index (χ3n) is 5.26. The van der Waals surface area contributed by atoms with Gasteiger partial charge in [-0.05, 0) is 18.9 Å². The lowest BCUT2D eigenvalue weighted by Gasteiger charge is -2.29. The van der Waals surface area contributed by atoms with E-state index in [2.05, 4.69) is 39.1 Å². The van der Waals surface area contributed by atoms with E-state index in [9.17, 15) is 5.11 Å². The molecule has 1 N–H and O–H groups in total. The zero-order chi connectivity index (χ0) is 19.6. The van der Waals surface area contributed by atoms with Gasteiger partial charge in [0.05, 0.1) is 18.0 Å². The molecule has 7 nitrogen and oxygen atoms in total. The number of anilines is 1. The fourth-order valence-corrected chi connectivity index (χ4v) is 3.83. The van der Waals surface area contributed by atoms with Crippen molar-refractivity contribution < 1.29 is 5.11 Å². The minimum Gasteiger partial charge on any atom is -0.387 e. The lowest BCUT2D eigenvalue weighted by molar-refractivity contribution is 0.0561. The quantitative estimate of drug-likeness (QED) is 0.708. The zero-order valence-corrected chi connectivity index (χ0v) is 16.4. The Bertz CT molecular complexity index is 927. The molecule has 1 unspecified atom stereocenters. The number of imidazole rings is 1. The average Bonchev–Trinajstić information content (AvgIpc) is 3.28. The summed E-state index contributed by atoms with van der Waals surface area (Å²) in [6, 6.07) is 10.4. The summed E-state index contributed by atoms with van der Waals surface area (Å²) in [5.74, 6) is 2.32. The number of rotatable bonds is 6. The highest BCUT2D eigenvalue weighted by Gasteiger charge is 2.37. The number of hydrogen-bond donors (Lipinski definition) is 1. The smallest absolute Gasteiger partial charge is 0.159 e. The van der Waals surface area contributed by atoms with Crippen molar-refractivity contribution in [2.45, 2.75) is 25.5 Å². The Labute approximate surface area is 165 Å². The van der Waals surface area contributed by atoms with Crippen molar-refractivity contribution in [3.63, 3.8) is 0 Å². The van der Waals surface area contributed by atoms with Gasteiger partial charge < -0.3 is 10.0 Å². The van der Waals surface area contributed by atoms with E-state index >= 15 is 0 Å². The molecule has 3 aromatic rings. The van der Waals surface area contributed by atoms with E-state index in [-0.39, 0.29) is 0 Å². The van der Waals surface area contributed by atoms with Gasteiger partial charge in [0.15, 0.2) is 5.82 Å². The first-order chi connectivity index (χ1) is 13.5. The molecule has 0 spiro atoms. The van der Waals surface area contributed by atoms with Crippen molar-refractivity contribution in [3.05, 3.63) is 66.5 Å². The predicted octanol–water partition coefficient (Wildman–Crippen LogP) is 2.04. The molecule has 1 aliphatic heterocycles. The third kappa shape index (κ3) is 4.05. The highest BCUT2D eigenvalue weighted by atomic mass is 16.3. The monoisotopic (exact) mass is 378 g/mol. The van der Waals surface area contributed by atoms with Crippen molar-refractivity contribution in [1.82, 2.24) is 24.4 Å². The Morgan fingerprint density at radius 1 is 1.21 bits per heavy atom. The molecule has 7 heteroatoms. The number of aliphatic hydroxyl groups is 1. The van der Waals surface area contributed by atoms with Crippen LogP contribution in [0.25, 0.3) is 5.82 Å². The van der Waals surface area contributed by atoms with Gasteiger partial charge in [-0.2, -0.15) is 0 Å². The number of likely N-dealkylation sites (tertiary alicyclic amines) is 1. The van der Waals surface area contributed by atoms with Gasteiger partial charge in [-0.25, -0.2) is 9.97 Å². The molecule has 1 atom stereocenters. The van der Waals surface area contributed by atoms with Gasteiger partial charge in [0, 0.05) is 45.6 Å². The Balaban J connectivity index is 1.42. The summed E-state index contributed by atoms with van der Waals surface area (Å²) >= 11 is 0. The second-order valence-corrected chi connectivity index (χ2v) is 7.61. The molecule has 0 aliphatic carbocycles. The first-order valence-electron chi connectivity index (χ1n) is 9.55. The maximum absolute atomic E-state index is 11.1. The van der Waals surface area contributed by atoms with Crippen molar-refractivity contribution in [2.24, 2.45) is 0 Å². The molecule has 1 aromatic carbocycles. The summed E-state index contributed by atoms with van der Waals surface area (Å²) in [4.78, 5) is 17.6. The minimum atomic E-state index is -0.758. The molecule has 1 fully saturated rings. The van der Waals surface area contributed by atoms with Crippen LogP contribution in [0.1, 0.15) is 17.8 Å². The number of aryl methyl sites for hydroxylation is 1. The second kappa shape index (κ2) is 7.69. The number of β-amino-alcohol motifs (C(OH)–C–C–N with tert-alkyl or cyclic N) is 1. The molecule has 3 heterocycles. The van der Waals surface area contributed by atoms with Crippen LogP contribution in [0.5, 0.6) is 0 Å². The largest absolute Gasteiger partial charge is 0.387 e. The van der Waals surface area contributed by atoms with Crippen molar-refractivity contribution in [1.29, 1.82) is 0 Å². The minimum absolute atomic E-state index is 0.513. The molecule has 28 heavy (non-hydrogen) atoms. The van der Waals surface area contributed by atoms with E-state index < -0.39 is 5.60 Å². The molecule has 1 saturated heterocycles. The first kappa shape index (κ1) is 18.6. The van der Waals surface area contributed by atoms with Crippen LogP contribution in [0.3, 0.4) is 0 Å². The second-order valence-electron chi connectivity index (χ2n) is 7.61. The van der Waals surface area contributed by atoms with Gasteiger partial charge in [0.1, 0.15) is 11.6 Å². The van der Waals surface area contributed by atoms with Crippen LogP contribution < -0.4 is 4.90 Å². The summed E-state index contributed by atoms with van der Waals surface area (Å²) in [5.41, 5.74) is 0.515. The van der Waals surface area contributed by atoms with Gasteiger partial charge >= 0.3 is 0 Å². The lowest BCUT2D eigenvalue weighted by atomic mass is 10.0. The third-order valence-corrected chi connectivity index (χ3v) is 5.26. The van der Waals surface area contributed by atoms with E-state index in [0.717, 1.165) is 37.0 Å². The van der Waals surface area contributed by atoms with Crippen molar-refractivity contribution >= 4 is 5.82 Å². The molecule has 146 valence electrons. The fourth-order valence-electron chi connectivity index (χ4n) is 3.83. The molecule has 0 amide bonds. The number of likely N-dealkylation sites (N-methyl/N-ethyl adjacent to an activating group) is 1. The predicted molar refractivity (Wildman–Crippen MR) is 108 cm³/mol. The summed E-state index contributed by atoms with van der Waals surface area (Å²) in [6.45, 7) is 4.85. The Morgan fingerprint density at radius 3 is 2.79 bits per heavy atom. The van der Waals surface area contributed by atoms with Gasteiger partial charge in [0.25, 0.3) is 0 Å². The average molecular weight is 378 g/mol. The number of benzene rings is 1. The summed E-state index contributed by atoms with van der Waals surface area (Å²) in [6.07, 6.45) is 7.82. The van der Waals surface area contributed by atoms with Gasteiger partial charge in [0.2, 0.25) is 0 Å². The summed E-state index contributed by atoms with van der Waals surface area (Å²) < 4.78 is 1.90. The van der Waals surface area contributed by atoms with Gasteiger partial charge in [-0.1, -0.05) is 30.3 Å². The summed E-state index contributed by atoms with van der Waals surface area (Å²) in [5, 5.41) is 11.1. The van der Waals surface area contributed by atoms with Crippen LogP contribution in [0.2, 0.25) is 0 Å². The van der Waals surface area contributed by atoms with E-state index in [1.54, 1.807) is 18.6 Å². The SMILES string of the molecule is Cc1nccn1-c1cncc(N(C)CC2(O)CCN(Cc3ccccc3)C2)n1. The molecule has 0 saturated carbocycles. The highest BCUT2D eigenvalue weighted by Crippen LogP contribution is 2.25. The fraction of sp³-hybridized carbons (Fsp3) is 0.381. The number of aromatic nitrogens is 4. The van der Waals surface area contributed by atoms with E-state index in [1.807, 2.05) is 35.7 Å². The molecular formula is C21H26N6O. The normalized spacial score (nSPS) is 19.8. The van der Waals surface area contributed by atoms with Crippen molar-refractivity contribution in [3.8, 4) is 5.82 Å². The number of hydrogen-bond acceptors (Lipinski definition) is 6. The summed E-state index contributed by atoms with van der Waals surface area (Å²) in [7, 11) is 1.95.